The average molecular weight is 333 g/mol. The fourth-order valence-corrected chi connectivity index (χ4v) is 2.68. The van der Waals surface area contributed by atoms with Crippen molar-refractivity contribution in [3.8, 4) is 0 Å². The number of nitro groups is 1. The van der Waals surface area contributed by atoms with E-state index >= 15 is 0 Å². The van der Waals surface area contributed by atoms with Crippen LogP contribution in [0.2, 0.25) is 5.02 Å². The highest BCUT2D eigenvalue weighted by Crippen LogP contribution is 2.39. The van der Waals surface area contributed by atoms with Crippen molar-refractivity contribution >= 4 is 45.9 Å². The highest BCUT2D eigenvalue weighted by Gasteiger charge is 2.23. The van der Waals surface area contributed by atoms with Crippen molar-refractivity contribution in [2.75, 3.05) is 0 Å². The van der Waals surface area contributed by atoms with Gasteiger partial charge in [-0.25, -0.2) is 4.98 Å². The normalized spacial score (nSPS) is 10.6. The third-order valence-corrected chi connectivity index (χ3v) is 3.84. The summed E-state index contributed by atoms with van der Waals surface area (Å²) in [5.41, 5.74) is -0.368. The van der Waals surface area contributed by atoms with Gasteiger partial charge in [-0.15, -0.1) is 5.10 Å². The second kappa shape index (κ2) is 5.78. The summed E-state index contributed by atoms with van der Waals surface area (Å²) < 4.78 is 0. The topological polar surface area (TPSA) is 102 Å². The number of aromatic nitrogens is 3. The number of nitro benzene ring substituents is 1. The van der Waals surface area contributed by atoms with Crippen LogP contribution < -0.4 is 0 Å². The number of aryl methyl sites for hydroxylation is 1. The minimum Gasteiger partial charge on any atom is -0.276 e. The van der Waals surface area contributed by atoms with Gasteiger partial charge in [0.05, 0.1) is 9.95 Å². The Bertz CT molecular complexity index is 704. The van der Waals surface area contributed by atoms with Crippen LogP contribution in [0.1, 0.15) is 16.2 Å². The molecule has 1 N–H and O–H groups in total. The van der Waals surface area contributed by atoms with Gasteiger partial charge >= 0.3 is 0 Å². The Morgan fingerprint density at radius 1 is 1.50 bits per heavy atom. The number of nitrogens with one attached hydrogen (secondary N) is 1. The Hall–Kier alpha value is -1.64. The van der Waals surface area contributed by atoms with Crippen LogP contribution in [-0.2, 0) is 0 Å². The van der Waals surface area contributed by atoms with Gasteiger partial charge in [0.15, 0.2) is 0 Å². The maximum Gasteiger partial charge on any atom is 0.285 e. The van der Waals surface area contributed by atoms with Gasteiger partial charge in [0.1, 0.15) is 10.7 Å². The molecule has 0 atom stereocenters. The molecule has 0 saturated carbocycles. The standard InChI is InChI=1S/C10H6Cl2N4O3S/c1-4-13-10(15-14-4)20-8-6(11)2-5(9(12)17)3-7(8)16(18)19/h2-3H,1H3,(H,13,14,15). The number of rotatable bonds is 4. The molecule has 0 radical (unpaired) electrons. The molecule has 0 aliphatic heterocycles. The molecule has 20 heavy (non-hydrogen) atoms. The maximum atomic E-state index is 11.1. The average Bonchev–Trinajstić information content (AvgIpc) is 2.76. The molecule has 1 heterocycles. The number of nitrogens with zero attached hydrogens (tertiary/aromatic N) is 3. The second-order valence-electron chi connectivity index (χ2n) is 3.64. The van der Waals surface area contributed by atoms with E-state index in [0.29, 0.717) is 5.82 Å². The van der Waals surface area contributed by atoms with Crippen molar-refractivity contribution < 1.29 is 9.72 Å². The van der Waals surface area contributed by atoms with Crippen LogP contribution in [0.4, 0.5) is 5.69 Å². The van der Waals surface area contributed by atoms with Crippen LogP contribution in [0.25, 0.3) is 0 Å². The van der Waals surface area contributed by atoms with Crippen molar-refractivity contribution in [2.24, 2.45) is 0 Å². The molecule has 0 aliphatic rings. The molecule has 0 aliphatic carbocycles. The zero-order valence-electron chi connectivity index (χ0n) is 9.89. The fraction of sp³-hybridized carbons (Fsp3) is 0.100. The largest absolute Gasteiger partial charge is 0.285 e. The van der Waals surface area contributed by atoms with Gasteiger partial charge in [0.2, 0.25) is 5.16 Å². The van der Waals surface area contributed by atoms with Gasteiger partial charge in [0, 0.05) is 11.6 Å². The molecule has 2 rings (SSSR count). The fourth-order valence-electron chi connectivity index (χ4n) is 1.39. The number of aromatic amines is 1. The first kappa shape index (κ1) is 14.8. The summed E-state index contributed by atoms with van der Waals surface area (Å²) in [6.07, 6.45) is 0. The summed E-state index contributed by atoms with van der Waals surface area (Å²) in [6, 6.07) is 2.34. The lowest BCUT2D eigenvalue weighted by molar-refractivity contribution is -0.387. The summed E-state index contributed by atoms with van der Waals surface area (Å²) in [4.78, 5) is 25.7. The van der Waals surface area contributed by atoms with E-state index < -0.39 is 10.2 Å². The maximum absolute atomic E-state index is 11.1. The van der Waals surface area contributed by atoms with Gasteiger partial charge in [-0.3, -0.25) is 20.0 Å². The second-order valence-corrected chi connectivity index (χ2v) is 5.37. The quantitative estimate of drug-likeness (QED) is 0.524. The molecule has 0 unspecified atom stereocenters. The minimum absolute atomic E-state index is 0.0376. The monoisotopic (exact) mass is 332 g/mol. The molecule has 1 aromatic carbocycles. The van der Waals surface area contributed by atoms with E-state index in [4.69, 9.17) is 23.2 Å². The first-order chi connectivity index (χ1) is 9.38. The van der Waals surface area contributed by atoms with E-state index in [0.717, 1.165) is 17.8 Å². The van der Waals surface area contributed by atoms with Crippen LogP contribution in [-0.4, -0.2) is 25.3 Å². The third kappa shape index (κ3) is 3.09. The predicted octanol–water partition coefficient (Wildman–Crippen LogP) is 3.20. The van der Waals surface area contributed by atoms with Crippen molar-refractivity contribution in [1.82, 2.24) is 15.2 Å². The summed E-state index contributed by atoms with van der Waals surface area (Å²) in [7, 11) is 0. The number of hydrogen-bond acceptors (Lipinski definition) is 6. The van der Waals surface area contributed by atoms with Crippen molar-refractivity contribution in [3.63, 3.8) is 0 Å². The lowest BCUT2D eigenvalue weighted by Gasteiger charge is -2.04. The summed E-state index contributed by atoms with van der Waals surface area (Å²) in [5.74, 6) is 0.568. The van der Waals surface area contributed by atoms with Crippen molar-refractivity contribution in [1.29, 1.82) is 0 Å². The van der Waals surface area contributed by atoms with E-state index in [-0.39, 0.29) is 26.3 Å². The zero-order valence-corrected chi connectivity index (χ0v) is 12.2. The molecule has 7 nitrogen and oxygen atoms in total. The number of H-pyrrole nitrogens is 1. The zero-order chi connectivity index (χ0) is 14.9. The SMILES string of the molecule is Cc1nc(Sc2c(Cl)cc(C(=O)Cl)cc2[N+](=O)[O-])n[nH]1. The molecule has 0 bridgehead atoms. The van der Waals surface area contributed by atoms with E-state index in [9.17, 15) is 14.9 Å². The molecule has 10 heteroatoms. The lowest BCUT2D eigenvalue weighted by atomic mass is 10.2. The van der Waals surface area contributed by atoms with Crippen LogP contribution in [0.15, 0.2) is 22.2 Å². The Labute approximate surface area is 126 Å². The van der Waals surface area contributed by atoms with Crippen molar-refractivity contribution in [2.45, 2.75) is 17.0 Å². The summed E-state index contributed by atoms with van der Waals surface area (Å²) in [5, 5.41) is 17.1. The van der Waals surface area contributed by atoms with Gasteiger partial charge in [-0.05, 0) is 36.4 Å². The first-order valence-corrected chi connectivity index (χ1v) is 6.70. The Morgan fingerprint density at radius 2 is 2.20 bits per heavy atom. The molecule has 0 amide bonds. The van der Waals surface area contributed by atoms with Crippen molar-refractivity contribution in [3.05, 3.63) is 38.7 Å². The van der Waals surface area contributed by atoms with Gasteiger partial charge in [0.25, 0.3) is 10.9 Å². The minimum atomic E-state index is -0.819. The molecule has 1 aromatic heterocycles. The summed E-state index contributed by atoms with van der Waals surface area (Å²) in [6.45, 7) is 1.70. The molecule has 104 valence electrons. The molecule has 0 saturated heterocycles. The van der Waals surface area contributed by atoms with Gasteiger partial charge in [-0.1, -0.05) is 11.6 Å². The van der Waals surface area contributed by atoms with E-state index in [1.807, 2.05) is 0 Å². The Morgan fingerprint density at radius 3 is 2.70 bits per heavy atom. The lowest BCUT2D eigenvalue weighted by Crippen LogP contribution is -1.97. The third-order valence-electron chi connectivity index (χ3n) is 2.22. The molecular formula is C10H6Cl2N4O3S. The van der Waals surface area contributed by atoms with Crippen LogP contribution in [0.3, 0.4) is 0 Å². The molecule has 0 spiro atoms. The Balaban J connectivity index is 2.51. The number of halogens is 2. The molecular weight excluding hydrogens is 327 g/mol. The smallest absolute Gasteiger partial charge is 0.276 e. The number of hydrogen-bond donors (Lipinski definition) is 1. The number of carbonyl (C=O) groups excluding carboxylic acids is 1. The van der Waals surface area contributed by atoms with E-state index in [1.54, 1.807) is 6.92 Å². The highest BCUT2D eigenvalue weighted by molar-refractivity contribution is 7.99. The Kier molecular flexibility index (Phi) is 4.26. The number of benzene rings is 1. The van der Waals surface area contributed by atoms with Gasteiger partial charge in [-0.2, -0.15) is 0 Å². The first-order valence-electron chi connectivity index (χ1n) is 5.13. The van der Waals surface area contributed by atoms with E-state index in [2.05, 4.69) is 15.2 Å². The van der Waals surface area contributed by atoms with E-state index in [1.165, 1.54) is 6.07 Å². The van der Waals surface area contributed by atoms with Gasteiger partial charge < -0.3 is 0 Å². The molecule has 2 aromatic rings. The number of carbonyl (C=O) groups is 1. The highest BCUT2D eigenvalue weighted by atomic mass is 35.5. The van der Waals surface area contributed by atoms with Crippen LogP contribution in [0, 0.1) is 17.0 Å². The predicted molar refractivity (Wildman–Crippen MR) is 73.5 cm³/mol. The van der Waals surface area contributed by atoms with Crippen LogP contribution in [0.5, 0.6) is 0 Å². The molecule has 0 fully saturated rings. The summed E-state index contributed by atoms with van der Waals surface area (Å²) >= 11 is 12.2. The van der Waals surface area contributed by atoms with Crippen LogP contribution >= 0.6 is 35.0 Å².